The van der Waals surface area contributed by atoms with E-state index in [1.54, 1.807) is 12.1 Å². The van der Waals surface area contributed by atoms with E-state index in [0.717, 1.165) is 32.7 Å². The predicted octanol–water partition coefficient (Wildman–Crippen LogP) is 6.35. The molecule has 4 aromatic rings. The fourth-order valence-electron chi connectivity index (χ4n) is 4.04. The second kappa shape index (κ2) is 11.0. The Hall–Kier alpha value is -3.96. The van der Waals surface area contributed by atoms with Gasteiger partial charge in [-0.3, -0.25) is 9.59 Å². The van der Waals surface area contributed by atoms with Gasteiger partial charge >= 0.3 is 0 Å². The first kappa shape index (κ1) is 24.2. The molecule has 2 N–H and O–H groups in total. The largest absolute Gasteiger partial charge is 0.340 e. The third kappa shape index (κ3) is 5.94. The summed E-state index contributed by atoms with van der Waals surface area (Å²) >= 11 is 1.50. The first-order valence-corrected chi connectivity index (χ1v) is 12.4. The smallest absolute Gasteiger partial charge is 0.268 e. The molecule has 0 saturated carbocycles. The van der Waals surface area contributed by atoms with E-state index in [1.165, 1.54) is 11.3 Å². The maximum absolute atomic E-state index is 13.7. The SMILES string of the molecule is Cc1ccc(C(NC(=O)/C(=C/c2cccs2)NC(=O)c2ccccc2C)c2ccccc2)c(C)c1. The van der Waals surface area contributed by atoms with Gasteiger partial charge in [-0.25, -0.2) is 0 Å². The molecule has 4 rings (SSSR count). The normalized spacial score (nSPS) is 12.1. The Morgan fingerprint density at radius 2 is 1.57 bits per heavy atom. The number of benzene rings is 3. The van der Waals surface area contributed by atoms with Crippen LogP contribution >= 0.6 is 11.3 Å². The van der Waals surface area contributed by atoms with Crippen molar-refractivity contribution in [1.82, 2.24) is 10.6 Å². The molecule has 1 unspecified atom stereocenters. The zero-order chi connectivity index (χ0) is 24.8. The summed E-state index contributed by atoms with van der Waals surface area (Å²) in [7, 11) is 0. The molecule has 0 aliphatic heterocycles. The number of hydrogen-bond acceptors (Lipinski definition) is 3. The lowest BCUT2D eigenvalue weighted by Gasteiger charge is -2.23. The van der Waals surface area contributed by atoms with Crippen molar-refractivity contribution in [2.45, 2.75) is 26.8 Å². The molecular weight excluding hydrogens is 452 g/mol. The van der Waals surface area contributed by atoms with E-state index < -0.39 is 0 Å². The van der Waals surface area contributed by atoms with Crippen LogP contribution in [0, 0.1) is 20.8 Å². The highest BCUT2D eigenvalue weighted by molar-refractivity contribution is 7.10. The number of aryl methyl sites for hydroxylation is 3. The Bertz CT molecular complexity index is 1360. The van der Waals surface area contributed by atoms with Gasteiger partial charge in [0.05, 0.1) is 6.04 Å². The lowest BCUT2D eigenvalue weighted by atomic mass is 9.93. The zero-order valence-corrected chi connectivity index (χ0v) is 20.9. The van der Waals surface area contributed by atoms with Crippen LogP contribution in [0.5, 0.6) is 0 Å². The second-order valence-electron chi connectivity index (χ2n) is 8.52. The third-order valence-electron chi connectivity index (χ3n) is 5.86. The van der Waals surface area contributed by atoms with Gasteiger partial charge in [-0.15, -0.1) is 11.3 Å². The predicted molar refractivity (Wildman–Crippen MR) is 143 cm³/mol. The van der Waals surface area contributed by atoms with Gasteiger partial charge in [-0.1, -0.05) is 78.4 Å². The van der Waals surface area contributed by atoms with Crippen LogP contribution in [0.1, 0.15) is 49.1 Å². The maximum Gasteiger partial charge on any atom is 0.268 e. The first-order valence-electron chi connectivity index (χ1n) is 11.5. The molecule has 0 saturated heterocycles. The Balaban J connectivity index is 1.69. The van der Waals surface area contributed by atoms with Crippen molar-refractivity contribution in [2.75, 3.05) is 0 Å². The van der Waals surface area contributed by atoms with E-state index in [1.807, 2.05) is 86.0 Å². The second-order valence-corrected chi connectivity index (χ2v) is 9.50. The molecule has 4 nitrogen and oxygen atoms in total. The molecule has 0 aliphatic rings. The molecule has 176 valence electrons. The van der Waals surface area contributed by atoms with E-state index in [2.05, 4.69) is 29.7 Å². The van der Waals surface area contributed by atoms with E-state index >= 15 is 0 Å². The van der Waals surface area contributed by atoms with Gasteiger partial charge in [0, 0.05) is 10.4 Å². The zero-order valence-electron chi connectivity index (χ0n) is 20.0. The van der Waals surface area contributed by atoms with Crippen molar-refractivity contribution < 1.29 is 9.59 Å². The number of rotatable bonds is 7. The van der Waals surface area contributed by atoms with Crippen molar-refractivity contribution in [2.24, 2.45) is 0 Å². The summed E-state index contributed by atoms with van der Waals surface area (Å²) < 4.78 is 0. The fraction of sp³-hybridized carbons (Fsp3) is 0.133. The molecule has 0 fully saturated rings. The molecule has 3 aromatic carbocycles. The number of carbonyl (C=O) groups is 2. The molecule has 2 amide bonds. The summed E-state index contributed by atoms with van der Waals surface area (Å²) in [6, 6.07) is 26.9. The van der Waals surface area contributed by atoms with Crippen molar-refractivity contribution >= 4 is 29.2 Å². The van der Waals surface area contributed by atoms with Gasteiger partial charge < -0.3 is 10.6 Å². The van der Waals surface area contributed by atoms with Crippen LogP contribution in [0.15, 0.2) is 96.0 Å². The molecule has 0 aliphatic carbocycles. The van der Waals surface area contributed by atoms with Gasteiger partial charge in [-0.2, -0.15) is 0 Å². The highest BCUT2D eigenvalue weighted by Gasteiger charge is 2.22. The number of nitrogens with one attached hydrogen (secondary N) is 2. The van der Waals surface area contributed by atoms with Crippen LogP contribution in [0.3, 0.4) is 0 Å². The van der Waals surface area contributed by atoms with Crippen molar-refractivity contribution in [1.29, 1.82) is 0 Å². The first-order chi connectivity index (χ1) is 16.9. The summed E-state index contributed by atoms with van der Waals surface area (Å²) in [5.41, 5.74) is 5.81. The van der Waals surface area contributed by atoms with Gasteiger partial charge in [0.15, 0.2) is 0 Å². The summed E-state index contributed by atoms with van der Waals surface area (Å²) in [5.74, 6) is -0.669. The Kier molecular flexibility index (Phi) is 7.58. The van der Waals surface area contributed by atoms with Crippen LogP contribution in [-0.2, 0) is 4.79 Å². The number of thiophene rings is 1. The molecule has 0 bridgehead atoms. The van der Waals surface area contributed by atoms with Crippen LogP contribution in [0.4, 0.5) is 0 Å². The van der Waals surface area contributed by atoms with Gasteiger partial charge in [0.2, 0.25) is 0 Å². The summed E-state index contributed by atoms with van der Waals surface area (Å²) in [6.07, 6.45) is 1.72. The maximum atomic E-state index is 13.7. The van der Waals surface area contributed by atoms with Crippen molar-refractivity contribution in [3.63, 3.8) is 0 Å². The molecular formula is C30H28N2O2S. The van der Waals surface area contributed by atoms with Gasteiger partial charge in [-0.05, 0) is 66.6 Å². The minimum Gasteiger partial charge on any atom is -0.340 e. The number of carbonyl (C=O) groups excluding carboxylic acids is 2. The lowest BCUT2D eigenvalue weighted by Crippen LogP contribution is -2.37. The van der Waals surface area contributed by atoms with Crippen LogP contribution in [0.2, 0.25) is 0 Å². The van der Waals surface area contributed by atoms with E-state index in [-0.39, 0.29) is 23.6 Å². The molecule has 1 heterocycles. The fourth-order valence-corrected chi connectivity index (χ4v) is 4.69. The topological polar surface area (TPSA) is 58.2 Å². The molecule has 1 aromatic heterocycles. The minimum atomic E-state index is -0.369. The molecule has 0 spiro atoms. The minimum absolute atomic E-state index is 0.200. The molecule has 1 atom stereocenters. The van der Waals surface area contributed by atoms with Crippen LogP contribution in [-0.4, -0.2) is 11.8 Å². The van der Waals surface area contributed by atoms with E-state index in [4.69, 9.17) is 0 Å². The standard InChI is InChI=1S/C30H28N2O2S/c1-20-15-16-25(22(3)18-20)28(23-11-5-4-6-12-23)32-30(34)27(19-24-13-9-17-35-24)31-29(33)26-14-8-7-10-21(26)2/h4-19,28H,1-3H3,(H,31,33)(H,32,34)/b27-19-. The summed E-state index contributed by atoms with van der Waals surface area (Å²) in [5, 5.41) is 7.98. The highest BCUT2D eigenvalue weighted by atomic mass is 32.1. The number of amides is 2. The highest BCUT2D eigenvalue weighted by Crippen LogP contribution is 2.26. The van der Waals surface area contributed by atoms with Crippen molar-refractivity contribution in [3.05, 3.63) is 134 Å². The molecule has 5 heteroatoms. The average Bonchev–Trinajstić information content (AvgIpc) is 3.36. The van der Waals surface area contributed by atoms with Gasteiger partial charge in [0.25, 0.3) is 11.8 Å². The summed E-state index contributed by atoms with van der Waals surface area (Å²) in [6.45, 7) is 5.98. The quantitative estimate of drug-likeness (QED) is 0.303. The lowest BCUT2D eigenvalue weighted by molar-refractivity contribution is -0.118. The van der Waals surface area contributed by atoms with Gasteiger partial charge in [0.1, 0.15) is 5.70 Å². The van der Waals surface area contributed by atoms with E-state index in [0.29, 0.717) is 5.56 Å². The molecule has 35 heavy (non-hydrogen) atoms. The summed E-state index contributed by atoms with van der Waals surface area (Å²) in [4.78, 5) is 27.6. The van der Waals surface area contributed by atoms with Crippen LogP contribution < -0.4 is 10.6 Å². The van der Waals surface area contributed by atoms with Crippen molar-refractivity contribution in [3.8, 4) is 0 Å². The Labute approximate surface area is 210 Å². The third-order valence-corrected chi connectivity index (χ3v) is 6.68. The van der Waals surface area contributed by atoms with Crippen LogP contribution in [0.25, 0.3) is 6.08 Å². The number of hydrogen-bond donors (Lipinski definition) is 2. The average molecular weight is 481 g/mol. The van der Waals surface area contributed by atoms with E-state index in [9.17, 15) is 9.59 Å². The Morgan fingerprint density at radius 3 is 2.26 bits per heavy atom. The Morgan fingerprint density at radius 1 is 0.829 bits per heavy atom. The monoisotopic (exact) mass is 480 g/mol. The molecule has 0 radical (unpaired) electrons.